The maximum atomic E-state index is 7.09. The third-order valence-corrected chi connectivity index (χ3v) is 10.1. The molecule has 5 atom stereocenters. The van der Waals surface area contributed by atoms with Gasteiger partial charge in [0.15, 0.2) is 6.29 Å². The summed E-state index contributed by atoms with van der Waals surface area (Å²) in [5.41, 5.74) is 6.89. The molecule has 8 rings (SSSR count). The van der Waals surface area contributed by atoms with Gasteiger partial charge >= 0.3 is 0 Å². The first-order valence-electron chi connectivity index (χ1n) is 19.3. The Morgan fingerprint density at radius 1 is 0.439 bits per heavy atom. The van der Waals surface area contributed by atoms with Gasteiger partial charge in [-0.1, -0.05) is 164 Å². The number of hydrogen-bond acceptors (Lipinski definition) is 7. The molecule has 0 aliphatic carbocycles. The number of benzene rings is 6. The van der Waals surface area contributed by atoms with Crippen molar-refractivity contribution in [1.82, 2.24) is 0 Å². The number of rotatable bonds is 16. The Bertz CT molecular complexity index is 2230. The average molecular weight is 759 g/mol. The second-order valence-electron chi connectivity index (χ2n) is 14.0. The van der Waals surface area contributed by atoms with Crippen LogP contribution in [-0.2, 0) is 50.1 Å². The Morgan fingerprint density at radius 2 is 0.877 bits per heavy atom. The van der Waals surface area contributed by atoms with Gasteiger partial charge in [-0.05, 0) is 46.0 Å². The molecule has 0 amide bonds. The summed E-state index contributed by atoms with van der Waals surface area (Å²) in [5.74, 6) is 2.07. The zero-order chi connectivity index (χ0) is 38.7. The van der Waals surface area contributed by atoms with E-state index >= 15 is 0 Å². The zero-order valence-electron chi connectivity index (χ0n) is 31.9. The summed E-state index contributed by atoms with van der Waals surface area (Å²) >= 11 is 0. The fourth-order valence-corrected chi connectivity index (χ4v) is 7.11. The summed E-state index contributed by atoms with van der Waals surface area (Å²) in [7, 11) is 1.67. The summed E-state index contributed by atoms with van der Waals surface area (Å²) < 4.78 is 47.0. The Labute approximate surface area is 334 Å². The zero-order valence-corrected chi connectivity index (χ0v) is 31.9. The van der Waals surface area contributed by atoms with E-state index in [0.717, 1.165) is 44.7 Å². The molecule has 1 aromatic heterocycles. The van der Waals surface area contributed by atoms with E-state index in [4.69, 9.17) is 32.8 Å². The minimum absolute atomic E-state index is 0.300. The summed E-state index contributed by atoms with van der Waals surface area (Å²) in [4.78, 5) is 0. The van der Waals surface area contributed by atoms with Crippen LogP contribution in [0.15, 0.2) is 186 Å². The third-order valence-electron chi connectivity index (χ3n) is 10.1. The van der Waals surface area contributed by atoms with Crippen LogP contribution in [0.2, 0.25) is 0 Å². The van der Waals surface area contributed by atoms with Crippen molar-refractivity contribution < 1.29 is 32.8 Å². The molecule has 7 heteroatoms. The van der Waals surface area contributed by atoms with Gasteiger partial charge in [0.2, 0.25) is 0 Å². The molecular weight excluding hydrogens is 713 g/mol. The van der Waals surface area contributed by atoms with Crippen molar-refractivity contribution in [3.63, 3.8) is 0 Å². The van der Waals surface area contributed by atoms with Gasteiger partial charge in [-0.3, -0.25) is 0 Å². The van der Waals surface area contributed by atoms with Crippen LogP contribution >= 0.6 is 0 Å². The van der Waals surface area contributed by atoms with Gasteiger partial charge in [-0.25, -0.2) is 0 Å². The highest BCUT2D eigenvalue weighted by molar-refractivity contribution is 5.80. The maximum Gasteiger partial charge on any atom is 0.187 e. The SMILES string of the molecule is COc1ccc(-c2cc([C@H]3O[C@H](OCc4ccccc4)[C@H](OCc4ccccc4)[C@@H](OCc4ccccc4)[C@@H]3OCc3ccccc3)oc2-c2ccccc2)cc1. The first-order valence-corrected chi connectivity index (χ1v) is 19.3. The topological polar surface area (TPSA) is 68.5 Å². The summed E-state index contributed by atoms with van der Waals surface area (Å²) in [6.45, 7) is 1.26. The second-order valence-corrected chi connectivity index (χ2v) is 14.0. The molecule has 1 aliphatic heterocycles. The molecular formula is C50H46O7. The van der Waals surface area contributed by atoms with Crippen LogP contribution in [0.4, 0.5) is 0 Å². The molecule has 57 heavy (non-hydrogen) atoms. The van der Waals surface area contributed by atoms with Crippen LogP contribution < -0.4 is 4.74 Å². The van der Waals surface area contributed by atoms with E-state index in [-0.39, 0.29) is 0 Å². The Morgan fingerprint density at radius 3 is 1.37 bits per heavy atom. The minimum Gasteiger partial charge on any atom is -0.497 e. The molecule has 1 saturated heterocycles. The monoisotopic (exact) mass is 758 g/mol. The molecule has 0 radical (unpaired) electrons. The Balaban J connectivity index is 1.23. The van der Waals surface area contributed by atoms with E-state index < -0.39 is 30.7 Å². The van der Waals surface area contributed by atoms with E-state index in [1.165, 1.54) is 0 Å². The van der Waals surface area contributed by atoms with Crippen LogP contribution in [0, 0.1) is 0 Å². The van der Waals surface area contributed by atoms with E-state index in [0.29, 0.717) is 37.9 Å². The van der Waals surface area contributed by atoms with Crippen molar-refractivity contribution in [2.75, 3.05) is 7.11 Å². The van der Waals surface area contributed by atoms with Crippen molar-refractivity contribution in [3.05, 3.63) is 210 Å². The Kier molecular flexibility index (Phi) is 12.6. The normalized spacial score (nSPS) is 19.3. The lowest BCUT2D eigenvalue weighted by molar-refractivity contribution is -0.330. The highest BCUT2D eigenvalue weighted by Gasteiger charge is 2.51. The molecule has 288 valence electrons. The number of ether oxygens (including phenoxy) is 6. The van der Waals surface area contributed by atoms with Crippen molar-refractivity contribution in [1.29, 1.82) is 0 Å². The largest absolute Gasteiger partial charge is 0.497 e. The molecule has 0 spiro atoms. The van der Waals surface area contributed by atoms with Crippen LogP contribution in [0.5, 0.6) is 5.75 Å². The first-order chi connectivity index (χ1) is 28.2. The molecule has 0 bridgehead atoms. The highest BCUT2D eigenvalue weighted by Crippen LogP contribution is 2.44. The van der Waals surface area contributed by atoms with Crippen LogP contribution in [-0.4, -0.2) is 31.7 Å². The summed E-state index contributed by atoms with van der Waals surface area (Å²) in [6.07, 6.45) is -3.61. The van der Waals surface area contributed by atoms with Gasteiger partial charge in [0.25, 0.3) is 0 Å². The molecule has 0 unspecified atom stereocenters. The standard InChI is InChI=1S/C50H46O7/c1-51-42-29-27-40(28-30-42)43-31-44(56-45(43)41-25-15-6-16-26-41)46-47(52-32-36-17-7-2-8-18-36)48(53-33-37-19-9-3-10-20-37)49(54-34-38-21-11-4-12-22-38)50(57-46)55-35-39-23-13-5-14-24-39/h2-31,46-50H,32-35H2,1H3/t46-,47-,48+,49-,50+/m1/s1. The lowest BCUT2D eigenvalue weighted by Gasteiger charge is -2.45. The van der Waals surface area contributed by atoms with E-state index in [2.05, 4.69) is 30.3 Å². The first kappa shape index (κ1) is 38.1. The van der Waals surface area contributed by atoms with E-state index in [1.807, 2.05) is 152 Å². The van der Waals surface area contributed by atoms with Crippen LogP contribution in [0.25, 0.3) is 22.5 Å². The molecule has 7 nitrogen and oxygen atoms in total. The maximum absolute atomic E-state index is 7.09. The van der Waals surface area contributed by atoms with Crippen molar-refractivity contribution in [3.8, 4) is 28.2 Å². The second kappa shape index (κ2) is 18.9. The molecule has 0 N–H and O–H groups in total. The summed E-state index contributed by atoms with van der Waals surface area (Å²) in [6, 6.07) is 60.6. The highest BCUT2D eigenvalue weighted by atomic mass is 16.7. The van der Waals surface area contributed by atoms with Crippen molar-refractivity contribution in [2.45, 2.75) is 57.1 Å². The van der Waals surface area contributed by atoms with Gasteiger partial charge in [0.1, 0.15) is 41.7 Å². The van der Waals surface area contributed by atoms with Gasteiger partial charge in [0, 0.05) is 11.1 Å². The van der Waals surface area contributed by atoms with Crippen molar-refractivity contribution >= 4 is 0 Å². The van der Waals surface area contributed by atoms with Gasteiger partial charge in [-0.2, -0.15) is 0 Å². The number of hydrogen-bond donors (Lipinski definition) is 0. The minimum atomic E-state index is -0.856. The number of methoxy groups -OCH3 is 1. The fourth-order valence-electron chi connectivity index (χ4n) is 7.11. The van der Waals surface area contributed by atoms with E-state index in [9.17, 15) is 0 Å². The van der Waals surface area contributed by atoms with Crippen molar-refractivity contribution in [2.24, 2.45) is 0 Å². The van der Waals surface area contributed by atoms with E-state index in [1.54, 1.807) is 7.11 Å². The molecule has 0 saturated carbocycles. The molecule has 6 aromatic carbocycles. The van der Waals surface area contributed by atoms with Gasteiger partial charge < -0.3 is 32.8 Å². The Hall–Kier alpha value is -5.80. The van der Waals surface area contributed by atoms with Gasteiger partial charge in [0.05, 0.1) is 33.5 Å². The van der Waals surface area contributed by atoms with Crippen LogP contribution in [0.1, 0.15) is 34.1 Å². The lowest BCUT2D eigenvalue weighted by atomic mass is 9.95. The summed E-state index contributed by atoms with van der Waals surface area (Å²) in [5, 5.41) is 0. The quantitative estimate of drug-likeness (QED) is 0.0972. The molecule has 7 aromatic rings. The predicted molar refractivity (Wildman–Crippen MR) is 220 cm³/mol. The molecule has 1 aliphatic rings. The third kappa shape index (κ3) is 9.60. The number of furan rings is 1. The van der Waals surface area contributed by atoms with Crippen LogP contribution in [0.3, 0.4) is 0 Å². The predicted octanol–water partition coefficient (Wildman–Crippen LogP) is 11.0. The molecule has 1 fully saturated rings. The lowest BCUT2D eigenvalue weighted by Crippen LogP contribution is -2.57. The van der Waals surface area contributed by atoms with Gasteiger partial charge in [-0.15, -0.1) is 0 Å². The molecule has 2 heterocycles. The smallest absolute Gasteiger partial charge is 0.187 e. The average Bonchev–Trinajstić information content (AvgIpc) is 3.73. The fraction of sp³-hybridized carbons (Fsp3) is 0.200.